The van der Waals surface area contributed by atoms with Crippen molar-refractivity contribution < 1.29 is 9.53 Å². The highest BCUT2D eigenvalue weighted by molar-refractivity contribution is 9.10. The number of nitrogens with zero attached hydrogens (tertiary/aromatic N) is 1. The second-order valence-corrected chi connectivity index (χ2v) is 6.66. The number of hydrogen-bond acceptors (Lipinski definition) is 3. The van der Waals surface area contributed by atoms with E-state index in [-0.39, 0.29) is 11.9 Å². The van der Waals surface area contributed by atoms with Crippen LogP contribution in [0.15, 0.2) is 59.1 Å². The fourth-order valence-corrected chi connectivity index (χ4v) is 2.55. The van der Waals surface area contributed by atoms with Crippen LogP contribution in [-0.2, 0) is 4.79 Å². The summed E-state index contributed by atoms with van der Waals surface area (Å²) in [6, 6.07) is 17.6. The van der Waals surface area contributed by atoms with Crippen LogP contribution in [0, 0.1) is 0 Å². The summed E-state index contributed by atoms with van der Waals surface area (Å²) in [5.41, 5.74) is 1.08. The molecule has 4 nitrogen and oxygen atoms in total. The van der Waals surface area contributed by atoms with Gasteiger partial charge in [0.2, 0.25) is 5.91 Å². The summed E-state index contributed by atoms with van der Waals surface area (Å²) in [6.07, 6.45) is 0. The third-order valence-electron chi connectivity index (χ3n) is 3.65. The van der Waals surface area contributed by atoms with Crippen LogP contribution >= 0.6 is 15.9 Å². The Bertz CT molecular complexity index is 632. The molecular formula is C19H23BrN2O2. The fraction of sp³-hybridized carbons (Fsp3) is 0.316. The van der Waals surface area contributed by atoms with Crippen molar-refractivity contribution >= 4 is 21.8 Å². The number of halogens is 1. The molecule has 0 fully saturated rings. The molecule has 0 saturated carbocycles. The lowest BCUT2D eigenvalue weighted by atomic mass is 10.1. The molecule has 5 heteroatoms. The van der Waals surface area contributed by atoms with Crippen LogP contribution in [0.5, 0.6) is 5.75 Å². The lowest BCUT2D eigenvalue weighted by Crippen LogP contribution is -2.38. The minimum absolute atomic E-state index is 0.00706. The fourth-order valence-electron chi connectivity index (χ4n) is 2.28. The summed E-state index contributed by atoms with van der Waals surface area (Å²) >= 11 is 3.41. The van der Waals surface area contributed by atoms with Gasteiger partial charge in [-0.1, -0.05) is 46.3 Å². The van der Waals surface area contributed by atoms with Crippen molar-refractivity contribution in [3.8, 4) is 5.75 Å². The molecule has 24 heavy (non-hydrogen) atoms. The summed E-state index contributed by atoms with van der Waals surface area (Å²) in [5, 5.41) is 3.02. The van der Waals surface area contributed by atoms with Crippen molar-refractivity contribution in [3.05, 3.63) is 64.6 Å². The lowest BCUT2D eigenvalue weighted by molar-refractivity contribution is -0.122. The van der Waals surface area contributed by atoms with Crippen molar-refractivity contribution in [2.75, 3.05) is 26.7 Å². The van der Waals surface area contributed by atoms with Crippen molar-refractivity contribution in [3.63, 3.8) is 0 Å². The molecule has 0 aromatic heterocycles. The van der Waals surface area contributed by atoms with Gasteiger partial charge in [-0.3, -0.25) is 9.69 Å². The van der Waals surface area contributed by atoms with Crippen LogP contribution in [0.3, 0.4) is 0 Å². The van der Waals surface area contributed by atoms with Crippen LogP contribution < -0.4 is 10.1 Å². The van der Waals surface area contributed by atoms with Crippen molar-refractivity contribution in [1.29, 1.82) is 0 Å². The van der Waals surface area contributed by atoms with Crippen LogP contribution in [0.1, 0.15) is 18.5 Å². The zero-order valence-electron chi connectivity index (χ0n) is 14.0. The number of carbonyl (C=O) groups is 1. The van der Waals surface area contributed by atoms with Gasteiger partial charge in [-0.05, 0) is 43.8 Å². The third-order valence-corrected chi connectivity index (χ3v) is 4.17. The van der Waals surface area contributed by atoms with Crippen LogP contribution in [0.25, 0.3) is 0 Å². The van der Waals surface area contributed by atoms with E-state index in [0.717, 1.165) is 15.8 Å². The number of nitrogens with one attached hydrogen (secondary N) is 1. The first-order valence-electron chi connectivity index (χ1n) is 7.96. The van der Waals surface area contributed by atoms with Gasteiger partial charge in [0.1, 0.15) is 12.4 Å². The smallest absolute Gasteiger partial charge is 0.234 e. The van der Waals surface area contributed by atoms with E-state index in [1.54, 1.807) is 0 Å². The van der Waals surface area contributed by atoms with Crippen molar-refractivity contribution in [2.24, 2.45) is 0 Å². The number of hydrogen-bond donors (Lipinski definition) is 1. The average Bonchev–Trinajstić information content (AvgIpc) is 2.56. The van der Waals surface area contributed by atoms with Gasteiger partial charge >= 0.3 is 0 Å². The SMILES string of the molecule is CC(NC(=O)CN(C)CCOc1ccccc1)c1ccc(Br)cc1. The third kappa shape index (κ3) is 6.34. The van der Waals surface area contributed by atoms with Gasteiger partial charge in [0.15, 0.2) is 0 Å². The van der Waals surface area contributed by atoms with E-state index < -0.39 is 0 Å². The summed E-state index contributed by atoms with van der Waals surface area (Å²) in [6.45, 7) is 3.57. The second-order valence-electron chi connectivity index (χ2n) is 5.74. The summed E-state index contributed by atoms with van der Waals surface area (Å²) in [5.74, 6) is 0.854. The molecule has 0 aliphatic carbocycles. The Morgan fingerprint density at radius 3 is 2.50 bits per heavy atom. The van der Waals surface area contributed by atoms with Crippen LogP contribution in [0.4, 0.5) is 0 Å². The molecule has 0 aliphatic rings. The number of ether oxygens (including phenoxy) is 1. The Balaban J connectivity index is 1.70. The first-order valence-corrected chi connectivity index (χ1v) is 8.75. The Kier molecular flexibility index (Phi) is 7.28. The van der Waals surface area contributed by atoms with Gasteiger partial charge < -0.3 is 10.1 Å². The zero-order valence-corrected chi connectivity index (χ0v) is 15.6. The molecule has 1 amide bonds. The predicted octanol–water partition coefficient (Wildman–Crippen LogP) is 3.64. The van der Waals surface area contributed by atoms with Gasteiger partial charge in [0.25, 0.3) is 0 Å². The van der Waals surface area contributed by atoms with Crippen LogP contribution in [-0.4, -0.2) is 37.6 Å². The highest BCUT2D eigenvalue weighted by atomic mass is 79.9. The maximum absolute atomic E-state index is 12.1. The maximum atomic E-state index is 12.1. The van der Waals surface area contributed by atoms with E-state index in [9.17, 15) is 4.79 Å². The minimum atomic E-state index is -0.0143. The molecule has 1 atom stereocenters. The summed E-state index contributed by atoms with van der Waals surface area (Å²) < 4.78 is 6.67. The molecule has 0 heterocycles. The van der Waals surface area contributed by atoms with E-state index in [1.807, 2.05) is 73.5 Å². The first kappa shape index (κ1) is 18.5. The van der Waals surface area contributed by atoms with Gasteiger partial charge in [-0.25, -0.2) is 0 Å². The van der Waals surface area contributed by atoms with E-state index in [2.05, 4.69) is 21.2 Å². The summed E-state index contributed by atoms with van der Waals surface area (Å²) in [7, 11) is 1.91. The Hall–Kier alpha value is -1.85. The number of likely N-dealkylation sites (N-methyl/N-ethyl adjacent to an activating group) is 1. The predicted molar refractivity (Wildman–Crippen MR) is 100 cm³/mol. The number of para-hydroxylation sites is 1. The van der Waals surface area contributed by atoms with Crippen molar-refractivity contribution in [1.82, 2.24) is 10.2 Å². The standard InChI is InChI=1S/C19H23BrN2O2/c1-15(16-8-10-17(20)11-9-16)21-19(23)14-22(2)12-13-24-18-6-4-3-5-7-18/h3-11,15H,12-14H2,1-2H3,(H,21,23). The van der Waals surface area contributed by atoms with E-state index in [1.165, 1.54) is 0 Å². The molecule has 0 saturated heterocycles. The number of carbonyl (C=O) groups excluding carboxylic acids is 1. The molecular weight excluding hydrogens is 368 g/mol. The molecule has 0 spiro atoms. The quantitative estimate of drug-likeness (QED) is 0.747. The minimum Gasteiger partial charge on any atom is -0.492 e. The molecule has 128 valence electrons. The van der Waals surface area contributed by atoms with Gasteiger partial charge in [0.05, 0.1) is 12.6 Å². The molecule has 2 aromatic carbocycles. The first-order chi connectivity index (χ1) is 11.5. The highest BCUT2D eigenvalue weighted by Crippen LogP contribution is 2.16. The Morgan fingerprint density at radius 2 is 1.83 bits per heavy atom. The monoisotopic (exact) mass is 390 g/mol. The molecule has 0 radical (unpaired) electrons. The molecule has 0 aliphatic heterocycles. The Morgan fingerprint density at radius 1 is 1.17 bits per heavy atom. The van der Waals surface area contributed by atoms with E-state index in [4.69, 9.17) is 4.74 Å². The number of amides is 1. The highest BCUT2D eigenvalue weighted by Gasteiger charge is 2.11. The molecule has 1 unspecified atom stereocenters. The van der Waals surface area contributed by atoms with Crippen LogP contribution in [0.2, 0.25) is 0 Å². The molecule has 2 rings (SSSR count). The average molecular weight is 391 g/mol. The summed E-state index contributed by atoms with van der Waals surface area (Å²) in [4.78, 5) is 14.1. The normalized spacial score (nSPS) is 12.0. The zero-order chi connectivity index (χ0) is 17.4. The van der Waals surface area contributed by atoms with E-state index >= 15 is 0 Å². The largest absolute Gasteiger partial charge is 0.492 e. The lowest BCUT2D eigenvalue weighted by Gasteiger charge is -2.19. The Labute approximate surface area is 151 Å². The molecule has 1 N–H and O–H groups in total. The van der Waals surface area contributed by atoms with Crippen molar-refractivity contribution in [2.45, 2.75) is 13.0 Å². The second kappa shape index (κ2) is 9.45. The van der Waals surface area contributed by atoms with Gasteiger partial charge in [-0.15, -0.1) is 0 Å². The molecule has 0 bridgehead atoms. The maximum Gasteiger partial charge on any atom is 0.234 e. The molecule has 2 aromatic rings. The number of benzene rings is 2. The van der Waals surface area contributed by atoms with E-state index in [0.29, 0.717) is 19.7 Å². The topological polar surface area (TPSA) is 41.6 Å². The number of rotatable bonds is 8. The van der Waals surface area contributed by atoms with Gasteiger partial charge in [-0.2, -0.15) is 0 Å². The van der Waals surface area contributed by atoms with Gasteiger partial charge in [0, 0.05) is 11.0 Å².